The molecule has 20 heavy (non-hydrogen) atoms. The van der Waals surface area contributed by atoms with Gasteiger partial charge in [-0.25, -0.2) is 0 Å². The molecule has 1 heterocycles. The third-order valence-electron chi connectivity index (χ3n) is 3.33. The average Bonchev–Trinajstić information content (AvgIpc) is 2.81. The van der Waals surface area contributed by atoms with E-state index in [0.29, 0.717) is 13.0 Å². The van der Waals surface area contributed by atoms with Gasteiger partial charge in [0, 0.05) is 17.1 Å². The van der Waals surface area contributed by atoms with E-state index >= 15 is 0 Å². The predicted octanol–water partition coefficient (Wildman–Crippen LogP) is 1.30. The summed E-state index contributed by atoms with van der Waals surface area (Å²) in [7, 11) is 0. The van der Waals surface area contributed by atoms with Gasteiger partial charge in [0.2, 0.25) is 11.8 Å². The SMILES string of the molecule is CC(CO)NC(=O)C1CCN(c2ccccc2Br)C1=O. The van der Waals surface area contributed by atoms with Crippen LogP contribution in [0.15, 0.2) is 28.7 Å². The molecular formula is C14H17BrN2O3. The molecule has 2 atom stereocenters. The van der Waals surface area contributed by atoms with Crippen LogP contribution in [0.4, 0.5) is 5.69 Å². The van der Waals surface area contributed by atoms with Gasteiger partial charge in [0.05, 0.1) is 12.3 Å². The Hall–Kier alpha value is -1.40. The zero-order chi connectivity index (χ0) is 14.7. The van der Waals surface area contributed by atoms with Crippen LogP contribution >= 0.6 is 15.9 Å². The molecule has 0 saturated carbocycles. The first-order chi connectivity index (χ1) is 9.54. The molecule has 0 bridgehead atoms. The number of benzene rings is 1. The number of para-hydroxylation sites is 1. The van der Waals surface area contributed by atoms with Gasteiger partial charge in [0.1, 0.15) is 5.92 Å². The van der Waals surface area contributed by atoms with Crippen molar-refractivity contribution in [2.75, 3.05) is 18.1 Å². The van der Waals surface area contributed by atoms with Crippen molar-refractivity contribution < 1.29 is 14.7 Å². The highest BCUT2D eigenvalue weighted by molar-refractivity contribution is 9.10. The fraction of sp³-hybridized carbons (Fsp3) is 0.429. The lowest BCUT2D eigenvalue weighted by atomic mass is 10.1. The number of amides is 2. The van der Waals surface area contributed by atoms with Crippen LogP contribution in [0.3, 0.4) is 0 Å². The lowest BCUT2D eigenvalue weighted by Gasteiger charge is -2.19. The van der Waals surface area contributed by atoms with Crippen molar-refractivity contribution in [1.82, 2.24) is 5.32 Å². The predicted molar refractivity (Wildman–Crippen MR) is 79.3 cm³/mol. The molecule has 2 rings (SSSR count). The summed E-state index contributed by atoms with van der Waals surface area (Å²) < 4.78 is 0.832. The van der Waals surface area contributed by atoms with E-state index in [2.05, 4.69) is 21.2 Å². The number of hydrogen-bond donors (Lipinski definition) is 2. The van der Waals surface area contributed by atoms with E-state index in [1.165, 1.54) is 0 Å². The lowest BCUT2D eigenvalue weighted by Crippen LogP contribution is -2.42. The van der Waals surface area contributed by atoms with E-state index < -0.39 is 5.92 Å². The molecule has 0 aliphatic carbocycles. The summed E-state index contributed by atoms with van der Waals surface area (Å²) in [5.41, 5.74) is 0.781. The van der Waals surface area contributed by atoms with Crippen molar-refractivity contribution in [1.29, 1.82) is 0 Å². The molecule has 1 fully saturated rings. The summed E-state index contributed by atoms with van der Waals surface area (Å²) in [6.07, 6.45) is 0.490. The number of nitrogens with one attached hydrogen (secondary N) is 1. The highest BCUT2D eigenvalue weighted by Gasteiger charge is 2.38. The molecule has 2 unspecified atom stereocenters. The molecule has 0 radical (unpaired) electrons. The van der Waals surface area contributed by atoms with Crippen molar-refractivity contribution in [3.8, 4) is 0 Å². The highest BCUT2D eigenvalue weighted by atomic mass is 79.9. The number of aliphatic hydroxyl groups excluding tert-OH is 1. The third kappa shape index (κ3) is 3.02. The number of carbonyl (C=O) groups is 2. The number of anilines is 1. The second-order valence-electron chi connectivity index (χ2n) is 4.87. The minimum absolute atomic E-state index is 0.138. The second kappa shape index (κ2) is 6.37. The largest absolute Gasteiger partial charge is 0.394 e. The van der Waals surface area contributed by atoms with Crippen LogP contribution in [-0.4, -0.2) is 36.1 Å². The van der Waals surface area contributed by atoms with Crippen molar-refractivity contribution in [2.24, 2.45) is 5.92 Å². The summed E-state index contributed by atoms with van der Waals surface area (Å²) >= 11 is 3.41. The molecule has 5 nitrogen and oxygen atoms in total. The Morgan fingerprint density at radius 3 is 2.90 bits per heavy atom. The highest BCUT2D eigenvalue weighted by Crippen LogP contribution is 2.31. The number of rotatable bonds is 4. The quantitative estimate of drug-likeness (QED) is 0.811. The number of carbonyl (C=O) groups excluding carboxylic acids is 2. The molecule has 1 saturated heterocycles. The summed E-state index contributed by atoms with van der Waals surface area (Å²) in [6, 6.07) is 7.10. The van der Waals surface area contributed by atoms with Crippen LogP contribution in [0.5, 0.6) is 0 Å². The van der Waals surface area contributed by atoms with Gasteiger partial charge in [-0.15, -0.1) is 0 Å². The van der Waals surface area contributed by atoms with Crippen LogP contribution < -0.4 is 10.2 Å². The molecule has 1 aromatic rings. The maximum Gasteiger partial charge on any atom is 0.239 e. The molecular weight excluding hydrogens is 324 g/mol. The van der Waals surface area contributed by atoms with Crippen LogP contribution in [0.1, 0.15) is 13.3 Å². The standard InChI is InChI=1S/C14H17BrN2O3/c1-9(8-18)16-13(19)10-6-7-17(14(10)20)12-5-3-2-4-11(12)15/h2-5,9-10,18H,6-8H2,1H3,(H,16,19). The Morgan fingerprint density at radius 2 is 2.25 bits per heavy atom. The first-order valence-corrected chi connectivity index (χ1v) is 7.31. The molecule has 6 heteroatoms. The first-order valence-electron chi connectivity index (χ1n) is 6.51. The van der Waals surface area contributed by atoms with E-state index in [9.17, 15) is 9.59 Å². The van der Waals surface area contributed by atoms with Gasteiger partial charge < -0.3 is 15.3 Å². The summed E-state index contributed by atoms with van der Waals surface area (Å²) in [5, 5.41) is 11.6. The Morgan fingerprint density at radius 1 is 1.55 bits per heavy atom. The van der Waals surface area contributed by atoms with Gasteiger partial charge in [-0.1, -0.05) is 12.1 Å². The molecule has 1 aliphatic heterocycles. The van der Waals surface area contributed by atoms with E-state index in [-0.39, 0.29) is 24.5 Å². The molecule has 2 amide bonds. The minimum Gasteiger partial charge on any atom is -0.394 e. The van der Waals surface area contributed by atoms with Crippen molar-refractivity contribution in [3.05, 3.63) is 28.7 Å². The van der Waals surface area contributed by atoms with Crippen LogP contribution in [0, 0.1) is 5.92 Å². The zero-order valence-corrected chi connectivity index (χ0v) is 12.8. The molecule has 1 aliphatic rings. The van der Waals surface area contributed by atoms with E-state index in [4.69, 9.17) is 5.11 Å². The first kappa shape index (κ1) is 15.0. The number of hydrogen-bond acceptors (Lipinski definition) is 3. The van der Waals surface area contributed by atoms with Gasteiger partial charge in [-0.3, -0.25) is 9.59 Å². The van der Waals surface area contributed by atoms with E-state index in [0.717, 1.165) is 10.2 Å². The topological polar surface area (TPSA) is 69.6 Å². The molecule has 0 spiro atoms. The Kier molecular flexibility index (Phi) is 4.77. The third-order valence-corrected chi connectivity index (χ3v) is 4.00. The fourth-order valence-corrected chi connectivity index (χ4v) is 2.72. The Bertz CT molecular complexity index is 521. The van der Waals surface area contributed by atoms with Gasteiger partial charge in [0.25, 0.3) is 0 Å². The minimum atomic E-state index is -0.670. The number of halogens is 1. The van der Waals surface area contributed by atoms with Crippen LogP contribution in [-0.2, 0) is 9.59 Å². The van der Waals surface area contributed by atoms with E-state index in [1.807, 2.05) is 24.3 Å². The van der Waals surface area contributed by atoms with Crippen molar-refractivity contribution in [3.63, 3.8) is 0 Å². The van der Waals surface area contributed by atoms with Gasteiger partial charge in [-0.2, -0.15) is 0 Å². The fourth-order valence-electron chi connectivity index (χ4n) is 2.22. The molecule has 2 N–H and O–H groups in total. The maximum absolute atomic E-state index is 12.4. The van der Waals surface area contributed by atoms with Crippen molar-refractivity contribution >= 4 is 33.4 Å². The summed E-state index contributed by atoms with van der Waals surface area (Å²) in [5.74, 6) is -1.18. The Labute approximate surface area is 126 Å². The number of nitrogens with zero attached hydrogens (tertiary/aromatic N) is 1. The number of aliphatic hydroxyl groups is 1. The maximum atomic E-state index is 12.4. The molecule has 108 valence electrons. The lowest BCUT2D eigenvalue weighted by molar-refractivity contribution is -0.132. The smallest absolute Gasteiger partial charge is 0.239 e. The summed E-state index contributed by atoms with van der Waals surface area (Å²) in [4.78, 5) is 26.0. The van der Waals surface area contributed by atoms with Crippen LogP contribution in [0.25, 0.3) is 0 Å². The second-order valence-corrected chi connectivity index (χ2v) is 5.73. The monoisotopic (exact) mass is 340 g/mol. The average molecular weight is 341 g/mol. The zero-order valence-electron chi connectivity index (χ0n) is 11.2. The van der Waals surface area contributed by atoms with Gasteiger partial charge in [-0.05, 0) is 41.4 Å². The normalized spacial score (nSPS) is 20.1. The summed E-state index contributed by atoms with van der Waals surface area (Å²) in [6.45, 7) is 2.08. The Balaban J connectivity index is 2.10. The molecule has 1 aromatic carbocycles. The van der Waals surface area contributed by atoms with Gasteiger partial charge in [0.15, 0.2) is 0 Å². The van der Waals surface area contributed by atoms with Crippen LogP contribution in [0.2, 0.25) is 0 Å². The van der Waals surface area contributed by atoms with Crippen molar-refractivity contribution in [2.45, 2.75) is 19.4 Å². The molecule has 0 aromatic heterocycles. The van der Waals surface area contributed by atoms with Gasteiger partial charge >= 0.3 is 0 Å². The van der Waals surface area contributed by atoms with E-state index in [1.54, 1.807) is 11.8 Å².